The van der Waals surface area contributed by atoms with Crippen LogP contribution in [0.5, 0.6) is 0 Å². The van der Waals surface area contributed by atoms with Gasteiger partial charge in [0.05, 0.1) is 6.10 Å². The summed E-state index contributed by atoms with van der Waals surface area (Å²) in [5, 5.41) is 13.2. The second-order valence-corrected chi connectivity index (χ2v) is 4.43. The Labute approximate surface area is 104 Å². The minimum atomic E-state index is -0.331. The van der Waals surface area contributed by atoms with Gasteiger partial charge in [-0.15, -0.1) is 0 Å². The minimum Gasteiger partial charge on any atom is -0.391 e. The number of aliphatic hydroxyl groups excluding tert-OH is 1. The Bertz CT molecular complexity index is 290. The van der Waals surface area contributed by atoms with Crippen LogP contribution in [0, 0.1) is 0 Å². The monoisotopic (exact) mass is 237 g/mol. The first kappa shape index (κ1) is 14.2. The summed E-state index contributed by atoms with van der Waals surface area (Å²) in [5.74, 6) is 0. The number of nitrogens with one attached hydrogen (secondary N) is 1. The number of ether oxygens (including phenoxy) is 1. The van der Waals surface area contributed by atoms with Crippen LogP contribution >= 0.6 is 0 Å². The second-order valence-electron chi connectivity index (χ2n) is 4.43. The molecule has 0 aliphatic carbocycles. The minimum absolute atomic E-state index is 0.331. The van der Waals surface area contributed by atoms with E-state index in [-0.39, 0.29) is 6.10 Å². The van der Waals surface area contributed by atoms with Crippen LogP contribution < -0.4 is 5.32 Å². The smallest absolute Gasteiger partial charge is 0.0704 e. The van der Waals surface area contributed by atoms with Crippen LogP contribution in [0.3, 0.4) is 0 Å². The van der Waals surface area contributed by atoms with Crippen molar-refractivity contribution in [2.45, 2.75) is 31.9 Å². The van der Waals surface area contributed by atoms with Crippen molar-refractivity contribution in [3.05, 3.63) is 35.9 Å². The van der Waals surface area contributed by atoms with Crippen molar-refractivity contribution in [2.24, 2.45) is 0 Å². The maximum atomic E-state index is 9.88. The van der Waals surface area contributed by atoms with Gasteiger partial charge in [0, 0.05) is 26.3 Å². The molecule has 96 valence electrons. The summed E-state index contributed by atoms with van der Waals surface area (Å²) in [6, 6.07) is 10.4. The molecule has 0 aliphatic heterocycles. The largest absolute Gasteiger partial charge is 0.391 e. The molecule has 2 N–H and O–H groups in total. The maximum Gasteiger partial charge on any atom is 0.0704 e. The zero-order chi connectivity index (χ0) is 12.5. The first-order chi connectivity index (χ1) is 8.22. The zero-order valence-electron chi connectivity index (χ0n) is 10.7. The predicted octanol–water partition coefficient (Wildman–Crippen LogP) is 1.60. The van der Waals surface area contributed by atoms with E-state index in [4.69, 9.17) is 4.74 Å². The van der Waals surface area contributed by atoms with Gasteiger partial charge in [0.15, 0.2) is 0 Å². The van der Waals surface area contributed by atoms with E-state index in [1.54, 1.807) is 7.11 Å². The van der Waals surface area contributed by atoms with Gasteiger partial charge in [0.1, 0.15) is 0 Å². The van der Waals surface area contributed by atoms with Gasteiger partial charge in [-0.2, -0.15) is 0 Å². The topological polar surface area (TPSA) is 41.5 Å². The molecule has 1 aromatic carbocycles. The number of hydrogen-bond acceptors (Lipinski definition) is 3. The number of rotatable bonds is 8. The Kier molecular flexibility index (Phi) is 6.86. The molecule has 1 rings (SSSR count). The number of benzene rings is 1. The molecule has 3 heteroatoms. The van der Waals surface area contributed by atoms with Crippen LogP contribution in [0.15, 0.2) is 30.3 Å². The molecule has 1 aromatic rings. The highest BCUT2D eigenvalue weighted by Gasteiger charge is 2.07. The number of aliphatic hydroxyl groups is 1. The van der Waals surface area contributed by atoms with Gasteiger partial charge in [-0.25, -0.2) is 0 Å². The normalized spacial score (nSPS) is 14.5. The highest BCUT2D eigenvalue weighted by atomic mass is 16.5. The Morgan fingerprint density at radius 2 is 2.00 bits per heavy atom. The SMILES string of the molecule is COCCC(C)NCC(O)Cc1ccccc1. The van der Waals surface area contributed by atoms with Crippen molar-refractivity contribution < 1.29 is 9.84 Å². The second kappa shape index (κ2) is 8.23. The first-order valence-corrected chi connectivity index (χ1v) is 6.16. The van der Waals surface area contributed by atoms with E-state index in [2.05, 4.69) is 12.2 Å². The zero-order valence-corrected chi connectivity index (χ0v) is 10.7. The van der Waals surface area contributed by atoms with Crippen molar-refractivity contribution in [1.82, 2.24) is 5.32 Å². The summed E-state index contributed by atoms with van der Waals surface area (Å²) in [6.07, 6.45) is 1.33. The van der Waals surface area contributed by atoms with E-state index < -0.39 is 0 Å². The maximum absolute atomic E-state index is 9.88. The Morgan fingerprint density at radius 1 is 1.29 bits per heavy atom. The molecule has 3 nitrogen and oxygen atoms in total. The molecule has 0 aliphatic rings. The Balaban J connectivity index is 2.19. The van der Waals surface area contributed by atoms with Crippen molar-refractivity contribution >= 4 is 0 Å². The molecule has 17 heavy (non-hydrogen) atoms. The standard InChI is InChI=1S/C14H23NO2/c1-12(8-9-17-2)15-11-14(16)10-13-6-4-3-5-7-13/h3-7,12,14-16H,8-11H2,1-2H3. The van der Waals surface area contributed by atoms with Gasteiger partial charge in [-0.3, -0.25) is 0 Å². The molecule has 0 fully saturated rings. The summed E-state index contributed by atoms with van der Waals surface area (Å²) in [6.45, 7) is 3.48. The molecule has 0 bridgehead atoms. The fourth-order valence-electron chi connectivity index (χ4n) is 1.69. The van der Waals surface area contributed by atoms with Gasteiger partial charge < -0.3 is 15.2 Å². The first-order valence-electron chi connectivity index (χ1n) is 6.16. The summed E-state index contributed by atoms with van der Waals surface area (Å²) in [7, 11) is 1.71. The van der Waals surface area contributed by atoms with Crippen molar-refractivity contribution in [3.63, 3.8) is 0 Å². The molecular formula is C14H23NO2. The van der Waals surface area contributed by atoms with Gasteiger partial charge in [0.2, 0.25) is 0 Å². The fraction of sp³-hybridized carbons (Fsp3) is 0.571. The van der Waals surface area contributed by atoms with Gasteiger partial charge in [-0.05, 0) is 25.3 Å². The lowest BCUT2D eigenvalue weighted by atomic mass is 10.1. The van der Waals surface area contributed by atoms with Crippen molar-refractivity contribution in [1.29, 1.82) is 0 Å². The van der Waals surface area contributed by atoms with E-state index in [0.717, 1.165) is 13.0 Å². The molecule has 2 unspecified atom stereocenters. The molecule has 0 aromatic heterocycles. The van der Waals surface area contributed by atoms with Gasteiger partial charge in [0.25, 0.3) is 0 Å². The number of methoxy groups -OCH3 is 1. The van der Waals surface area contributed by atoms with Gasteiger partial charge in [-0.1, -0.05) is 30.3 Å². The van der Waals surface area contributed by atoms with E-state index >= 15 is 0 Å². The molecule has 0 radical (unpaired) electrons. The lowest BCUT2D eigenvalue weighted by Crippen LogP contribution is -2.35. The lowest BCUT2D eigenvalue weighted by Gasteiger charge is -2.16. The average Bonchev–Trinajstić information content (AvgIpc) is 2.35. The molecule has 0 amide bonds. The molecule has 0 spiro atoms. The summed E-state index contributed by atoms with van der Waals surface area (Å²) in [5.41, 5.74) is 1.17. The van der Waals surface area contributed by atoms with Crippen molar-refractivity contribution in [3.8, 4) is 0 Å². The van der Waals surface area contributed by atoms with Crippen LogP contribution in [0.4, 0.5) is 0 Å². The van der Waals surface area contributed by atoms with E-state index in [0.29, 0.717) is 19.0 Å². The molecule has 2 atom stereocenters. The highest BCUT2D eigenvalue weighted by Crippen LogP contribution is 2.02. The molecule has 0 saturated heterocycles. The molecule has 0 heterocycles. The van der Waals surface area contributed by atoms with E-state index in [1.807, 2.05) is 30.3 Å². The third-order valence-electron chi connectivity index (χ3n) is 2.77. The summed E-state index contributed by atoms with van der Waals surface area (Å²) in [4.78, 5) is 0. The van der Waals surface area contributed by atoms with Crippen LogP contribution in [0.1, 0.15) is 18.9 Å². The van der Waals surface area contributed by atoms with Crippen LogP contribution in [0.25, 0.3) is 0 Å². The van der Waals surface area contributed by atoms with Gasteiger partial charge >= 0.3 is 0 Å². The van der Waals surface area contributed by atoms with Crippen LogP contribution in [-0.2, 0) is 11.2 Å². The lowest BCUT2D eigenvalue weighted by molar-refractivity contribution is 0.157. The Hall–Kier alpha value is -0.900. The molecular weight excluding hydrogens is 214 g/mol. The van der Waals surface area contributed by atoms with E-state index in [9.17, 15) is 5.11 Å². The summed E-state index contributed by atoms with van der Waals surface area (Å²) < 4.78 is 5.01. The third kappa shape index (κ3) is 6.41. The number of hydrogen-bond donors (Lipinski definition) is 2. The van der Waals surface area contributed by atoms with Crippen molar-refractivity contribution in [2.75, 3.05) is 20.3 Å². The highest BCUT2D eigenvalue weighted by molar-refractivity contribution is 5.15. The Morgan fingerprint density at radius 3 is 2.65 bits per heavy atom. The van der Waals surface area contributed by atoms with Crippen LogP contribution in [0.2, 0.25) is 0 Å². The third-order valence-corrected chi connectivity index (χ3v) is 2.77. The van der Waals surface area contributed by atoms with Crippen LogP contribution in [-0.4, -0.2) is 37.5 Å². The average molecular weight is 237 g/mol. The fourth-order valence-corrected chi connectivity index (χ4v) is 1.69. The predicted molar refractivity (Wildman–Crippen MR) is 70.1 cm³/mol. The summed E-state index contributed by atoms with van der Waals surface area (Å²) >= 11 is 0. The quantitative estimate of drug-likeness (QED) is 0.721. The molecule has 0 saturated carbocycles. The van der Waals surface area contributed by atoms with E-state index in [1.165, 1.54) is 5.56 Å².